The monoisotopic (exact) mass is 218 g/mol. The van der Waals surface area contributed by atoms with Crippen LogP contribution >= 0.6 is 0 Å². The molecular formula is C16H10O. The molecule has 0 unspecified atom stereocenters. The van der Waals surface area contributed by atoms with Gasteiger partial charge in [-0.2, -0.15) is 0 Å². The number of rotatable bonds is 0. The highest BCUT2D eigenvalue weighted by molar-refractivity contribution is 6.10. The van der Waals surface area contributed by atoms with Crippen LogP contribution < -0.4 is 0 Å². The van der Waals surface area contributed by atoms with Gasteiger partial charge in [0, 0.05) is 6.42 Å². The third-order valence-electron chi connectivity index (χ3n) is 3.59. The van der Waals surface area contributed by atoms with Crippen LogP contribution in [0.4, 0.5) is 0 Å². The third kappa shape index (κ3) is 1.11. The Bertz CT molecular complexity index is 733. The lowest BCUT2D eigenvalue weighted by Crippen LogP contribution is -2.06. The fraction of sp³-hybridized carbons (Fsp3) is 0.0625. The number of ketones is 1. The summed E-state index contributed by atoms with van der Waals surface area (Å²) in [4.78, 5) is 11.5. The highest BCUT2D eigenvalue weighted by Gasteiger charge is 2.18. The normalized spacial score (nSPS) is 15.6. The Hall–Kier alpha value is -2.15. The van der Waals surface area contributed by atoms with Crippen molar-refractivity contribution in [3.8, 4) is 0 Å². The molecule has 17 heavy (non-hydrogen) atoms. The summed E-state index contributed by atoms with van der Waals surface area (Å²) < 4.78 is 0. The van der Waals surface area contributed by atoms with Crippen LogP contribution in [0.1, 0.15) is 22.3 Å². The maximum absolute atomic E-state index is 11.5. The van der Waals surface area contributed by atoms with Gasteiger partial charge in [0.25, 0.3) is 0 Å². The van der Waals surface area contributed by atoms with Gasteiger partial charge in [-0.3, -0.25) is 4.79 Å². The van der Waals surface area contributed by atoms with Gasteiger partial charge in [0.05, 0.1) is 0 Å². The molecule has 0 radical (unpaired) electrons. The van der Waals surface area contributed by atoms with Gasteiger partial charge >= 0.3 is 0 Å². The zero-order valence-corrected chi connectivity index (χ0v) is 9.23. The lowest BCUT2D eigenvalue weighted by molar-refractivity contribution is -0.114. The summed E-state index contributed by atoms with van der Waals surface area (Å²) in [7, 11) is 0. The van der Waals surface area contributed by atoms with Crippen LogP contribution in [0.15, 0.2) is 30.3 Å². The first kappa shape index (κ1) is 8.94. The van der Waals surface area contributed by atoms with Crippen LogP contribution in [-0.2, 0) is 11.2 Å². The summed E-state index contributed by atoms with van der Waals surface area (Å²) in [6, 6.07) is 8.49. The molecule has 1 nitrogen and oxygen atoms in total. The molecule has 1 heteroatoms. The van der Waals surface area contributed by atoms with Gasteiger partial charge in [-0.15, -0.1) is 0 Å². The van der Waals surface area contributed by atoms with Gasteiger partial charge < -0.3 is 0 Å². The molecule has 0 atom stereocenters. The van der Waals surface area contributed by atoms with E-state index < -0.39 is 0 Å². The van der Waals surface area contributed by atoms with Crippen LogP contribution in [-0.4, -0.2) is 5.78 Å². The Kier molecular flexibility index (Phi) is 1.55. The molecule has 0 saturated carbocycles. The molecule has 0 saturated heterocycles. The number of benzene rings is 2. The molecular weight excluding hydrogens is 208 g/mol. The summed E-state index contributed by atoms with van der Waals surface area (Å²) in [6.45, 7) is 0. The molecule has 0 N–H and O–H groups in total. The summed E-state index contributed by atoms with van der Waals surface area (Å²) in [5.74, 6) is 0.196. The van der Waals surface area contributed by atoms with Crippen molar-refractivity contribution in [2.24, 2.45) is 0 Å². The second-order valence-electron chi connectivity index (χ2n) is 4.62. The molecule has 80 valence electrons. The molecule has 0 amide bonds. The summed E-state index contributed by atoms with van der Waals surface area (Å²) in [6.07, 6.45) is 8.51. The molecule has 0 aliphatic heterocycles. The van der Waals surface area contributed by atoms with E-state index in [4.69, 9.17) is 0 Å². The largest absolute Gasteiger partial charge is 0.294 e. The minimum absolute atomic E-state index is 0.196. The van der Waals surface area contributed by atoms with Crippen molar-refractivity contribution in [3.63, 3.8) is 0 Å². The summed E-state index contributed by atoms with van der Waals surface area (Å²) >= 11 is 0. The average Bonchev–Trinajstić information content (AvgIpc) is 2.75. The third-order valence-corrected chi connectivity index (χ3v) is 3.59. The smallest absolute Gasteiger partial charge is 0.160 e. The van der Waals surface area contributed by atoms with Crippen molar-refractivity contribution >= 4 is 34.8 Å². The van der Waals surface area contributed by atoms with Crippen LogP contribution in [0, 0.1) is 0 Å². The van der Waals surface area contributed by atoms with E-state index in [0.29, 0.717) is 6.42 Å². The fourth-order valence-corrected chi connectivity index (χ4v) is 2.84. The lowest BCUT2D eigenvalue weighted by atomic mass is 9.89. The number of allylic oxidation sites excluding steroid dienone is 1. The van der Waals surface area contributed by atoms with Crippen LogP contribution in [0.2, 0.25) is 0 Å². The zero-order chi connectivity index (χ0) is 11.4. The average molecular weight is 218 g/mol. The molecule has 2 aromatic carbocycles. The van der Waals surface area contributed by atoms with E-state index in [9.17, 15) is 4.79 Å². The predicted octanol–water partition coefficient (Wildman–Crippen LogP) is 3.46. The molecule has 2 aliphatic rings. The highest BCUT2D eigenvalue weighted by Crippen LogP contribution is 2.37. The minimum atomic E-state index is 0.196. The molecule has 2 aliphatic carbocycles. The van der Waals surface area contributed by atoms with Crippen molar-refractivity contribution in [3.05, 3.63) is 52.6 Å². The Balaban J connectivity index is 2.19. The fourth-order valence-electron chi connectivity index (χ4n) is 2.84. The Morgan fingerprint density at radius 3 is 2.76 bits per heavy atom. The van der Waals surface area contributed by atoms with E-state index in [1.54, 1.807) is 6.08 Å². The van der Waals surface area contributed by atoms with Gasteiger partial charge in [-0.25, -0.2) is 0 Å². The lowest BCUT2D eigenvalue weighted by Gasteiger charge is -2.14. The Morgan fingerprint density at radius 1 is 0.941 bits per heavy atom. The van der Waals surface area contributed by atoms with Crippen molar-refractivity contribution < 1.29 is 4.79 Å². The van der Waals surface area contributed by atoms with Crippen LogP contribution in [0.3, 0.4) is 0 Å². The second-order valence-corrected chi connectivity index (χ2v) is 4.62. The number of carbonyl (C=O) groups excluding carboxylic acids is 1. The van der Waals surface area contributed by atoms with Gasteiger partial charge in [0.15, 0.2) is 5.78 Å². The first-order valence-electron chi connectivity index (χ1n) is 5.80. The Morgan fingerprint density at radius 2 is 1.82 bits per heavy atom. The number of fused-ring (bicyclic) bond motifs is 2. The molecule has 0 fully saturated rings. The SMILES string of the molecule is O=C1C=Cc2c(cc3cccc4c3c2C=C4)C1. The van der Waals surface area contributed by atoms with Gasteiger partial charge in [-0.1, -0.05) is 42.5 Å². The molecule has 0 heterocycles. The second kappa shape index (κ2) is 2.95. The molecule has 2 aromatic rings. The van der Waals surface area contributed by atoms with E-state index in [1.807, 2.05) is 6.08 Å². The maximum atomic E-state index is 11.5. The van der Waals surface area contributed by atoms with E-state index in [2.05, 4.69) is 36.4 Å². The quantitative estimate of drug-likeness (QED) is 0.564. The highest BCUT2D eigenvalue weighted by atomic mass is 16.1. The minimum Gasteiger partial charge on any atom is -0.294 e. The van der Waals surface area contributed by atoms with Crippen molar-refractivity contribution in [2.75, 3.05) is 0 Å². The number of carbonyl (C=O) groups is 1. The van der Waals surface area contributed by atoms with Gasteiger partial charge in [0.2, 0.25) is 0 Å². The van der Waals surface area contributed by atoms with Crippen LogP contribution in [0.25, 0.3) is 29.0 Å². The van der Waals surface area contributed by atoms with E-state index in [1.165, 1.54) is 27.5 Å². The zero-order valence-electron chi connectivity index (χ0n) is 9.23. The summed E-state index contributed by atoms with van der Waals surface area (Å²) in [5, 5.41) is 2.56. The van der Waals surface area contributed by atoms with E-state index in [-0.39, 0.29) is 5.78 Å². The number of hydrogen-bond acceptors (Lipinski definition) is 1. The van der Waals surface area contributed by atoms with Gasteiger partial charge in [-0.05, 0) is 39.1 Å². The van der Waals surface area contributed by atoms with Crippen molar-refractivity contribution in [2.45, 2.75) is 6.42 Å². The Labute approximate surface area is 99.1 Å². The van der Waals surface area contributed by atoms with Crippen LogP contribution in [0.5, 0.6) is 0 Å². The predicted molar refractivity (Wildman–Crippen MR) is 70.6 cm³/mol. The topological polar surface area (TPSA) is 17.1 Å². The van der Waals surface area contributed by atoms with E-state index >= 15 is 0 Å². The molecule has 0 bridgehead atoms. The maximum Gasteiger partial charge on any atom is 0.160 e. The standard InChI is InChI=1S/C16H10O/c17-13-5-7-14-12(9-13)8-11-3-1-2-10-4-6-15(14)16(10)11/h1-8H,9H2. The summed E-state index contributed by atoms with van der Waals surface area (Å²) in [5.41, 5.74) is 4.93. The molecule has 0 spiro atoms. The number of hydrogen-bond donors (Lipinski definition) is 0. The first-order valence-corrected chi connectivity index (χ1v) is 5.80. The molecule has 4 rings (SSSR count). The first-order chi connectivity index (χ1) is 8.33. The molecule has 0 aromatic heterocycles. The van der Waals surface area contributed by atoms with E-state index in [0.717, 1.165) is 5.56 Å². The van der Waals surface area contributed by atoms with Crippen molar-refractivity contribution in [1.82, 2.24) is 0 Å². The van der Waals surface area contributed by atoms with Gasteiger partial charge in [0.1, 0.15) is 0 Å². The van der Waals surface area contributed by atoms with Crippen molar-refractivity contribution in [1.29, 1.82) is 0 Å².